The van der Waals surface area contributed by atoms with E-state index in [4.69, 9.17) is 9.47 Å². The highest BCUT2D eigenvalue weighted by atomic mass is 16.7. The number of aliphatic carboxylic acids is 1. The summed E-state index contributed by atoms with van der Waals surface area (Å²) in [4.78, 5) is 11.3. The van der Waals surface area contributed by atoms with E-state index in [1.807, 2.05) is 48.7 Å². The molecule has 1 aromatic heterocycles. The molecular formula is C16H17NO4. The molecule has 0 bridgehead atoms. The van der Waals surface area contributed by atoms with Crippen molar-refractivity contribution in [1.82, 2.24) is 4.57 Å². The van der Waals surface area contributed by atoms with Gasteiger partial charge in [0.25, 0.3) is 0 Å². The van der Waals surface area contributed by atoms with Crippen LogP contribution in [0.2, 0.25) is 0 Å². The van der Waals surface area contributed by atoms with E-state index in [9.17, 15) is 9.90 Å². The predicted molar refractivity (Wildman–Crippen MR) is 76.9 cm³/mol. The summed E-state index contributed by atoms with van der Waals surface area (Å²) in [5.41, 5.74) is 2.98. The van der Waals surface area contributed by atoms with Gasteiger partial charge in [-0.1, -0.05) is 6.07 Å². The second-order valence-corrected chi connectivity index (χ2v) is 5.21. The number of carbonyl (C=O) groups is 1. The molecule has 0 radical (unpaired) electrons. The molecule has 1 aliphatic rings. The van der Waals surface area contributed by atoms with Crippen molar-refractivity contribution in [3.63, 3.8) is 0 Å². The Balaban J connectivity index is 2.06. The molecule has 0 amide bonds. The quantitative estimate of drug-likeness (QED) is 0.939. The molecule has 3 rings (SSSR count). The zero-order chi connectivity index (χ0) is 15.0. The van der Waals surface area contributed by atoms with Gasteiger partial charge < -0.3 is 19.1 Å². The third-order valence-corrected chi connectivity index (χ3v) is 3.79. The fourth-order valence-electron chi connectivity index (χ4n) is 2.82. The Morgan fingerprint density at radius 3 is 2.52 bits per heavy atom. The van der Waals surface area contributed by atoms with Crippen LogP contribution < -0.4 is 9.47 Å². The summed E-state index contributed by atoms with van der Waals surface area (Å²) in [5.74, 6) is 0.546. The molecule has 0 fully saturated rings. The molecule has 2 aromatic rings. The number of hydrogen-bond acceptors (Lipinski definition) is 3. The van der Waals surface area contributed by atoms with Crippen molar-refractivity contribution in [1.29, 1.82) is 0 Å². The van der Waals surface area contributed by atoms with Crippen molar-refractivity contribution in [3.05, 3.63) is 47.3 Å². The molecule has 0 spiro atoms. The van der Waals surface area contributed by atoms with Crippen molar-refractivity contribution in [2.45, 2.75) is 26.3 Å². The topological polar surface area (TPSA) is 60.7 Å². The number of carboxylic acids is 1. The van der Waals surface area contributed by atoms with Gasteiger partial charge in [0.15, 0.2) is 11.5 Å². The molecule has 1 atom stereocenters. The number of aryl methyl sites for hydroxylation is 2. The molecule has 1 aliphatic heterocycles. The van der Waals surface area contributed by atoms with E-state index < -0.39 is 5.97 Å². The van der Waals surface area contributed by atoms with Crippen LogP contribution in [0.1, 0.15) is 29.4 Å². The minimum Gasteiger partial charge on any atom is -0.481 e. The molecule has 0 saturated heterocycles. The van der Waals surface area contributed by atoms with Gasteiger partial charge >= 0.3 is 5.97 Å². The van der Waals surface area contributed by atoms with Crippen molar-refractivity contribution in [2.75, 3.05) is 6.79 Å². The molecule has 5 heteroatoms. The van der Waals surface area contributed by atoms with Crippen molar-refractivity contribution in [2.24, 2.45) is 0 Å². The lowest BCUT2D eigenvalue weighted by Crippen LogP contribution is -2.17. The fraction of sp³-hybridized carbons (Fsp3) is 0.312. The minimum absolute atomic E-state index is 0.0238. The van der Waals surface area contributed by atoms with Gasteiger partial charge in [-0.15, -0.1) is 0 Å². The van der Waals surface area contributed by atoms with Gasteiger partial charge in [0.2, 0.25) is 6.79 Å². The van der Waals surface area contributed by atoms with Crippen molar-refractivity contribution >= 4 is 5.97 Å². The second-order valence-electron chi connectivity index (χ2n) is 5.21. The summed E-state index contributed by atoms with van der Waals surface area (Å²) < 4.78 is 12.7. The van der Waals surface area contributed by atoms with Crippen LogP contribution in [-0.4, -0.2) is 22.4 Å². The number of ether oxygens (including phenoxy) is 2. The van der Waals surface area contributed by atoms with Gasteiger partial charge in [-0.25, -0.2) is 0 Å². The van der Waals surface area contributed by atoms with E-state index in [-0.39, 0.29) is 19.3 Å². The van der Waals surface area contributed by atoms with Crippen LogP contribution in [0.4, 0.5) is 0 Å². The fourth-order valence-corrected chi connectivity index (χ4v) is 2.82. The first-order chi connectivity index (χ1) is 10.1. The maximum Gasteiger partial charge on any atom is 0.305 e. The summed E-state index contributed by atoms with van der Waals surface area (Å²) in [6, 6.07) is 9.34. The maximum absolute atomic E-state index is 11.3. The average Bonchev–Trinajstić information content (AvgIpc) is 3.02. The Labute approximate surface area is 122 Å². The predicted octanol–water partition coefficient (Wildman–Crippen LogP) is 2.90. The van der Waals surface area contributed by atoms with Gasteiger partial charge in [-0.3, -0.25) is 4.79 Å². The maximum atomic E-state index is 11.3. The number of nitrogens with zero attached hydrogens (tertiary/aromatic N) is 1. The normalized spacial score (nSPS) is 14.2. The Bertz CT molecular complexity index is 670. The standard InChI is InChI=1S/C16H17NO4/c1-10-3-4-11(2)17(10)13(8-16(18)19)12-5-6-14-15(7-12)21-9-20-14/h3-7,13H,8-9H2,1-2H3,(H,18,19)/t13-/m1/s1. The first-order valence-electron chi connectivity index (χ1n) is 6.82. The summed E-state index contributed by atoms with van der Waals surface area (Å²) in [6.07, 6.45) is 0.0238. The zero-order valence-corrected chi connectivity index (χ0v) is 12.0. The van der Waals surface area contributed by atoms with Gasteiger partial charge in [-0.2, -0.15) is 0 Å². The first kappa shape index (κ1) is 13.5. The third-order valence-electron chi connectivity index (χ3n) is 3.79. The largest absolute Gasteiger partial charge is 0.481 e. The number of fused-ring (bicyclic) bond motifs is 1. The van der Waals surface area contributed by atoms with Crippen LogP contribution in [0.15, 0.2) is 30.3 Å². The lowest BCUT2D eigenvalue weighted by Gasteiger charge is -2.22. The minimum atomic E-state index is -0.829. The van der Waals surface area contributed by atoms with Crippen molar-refractivity contribution < 1.29 is 19.4 Å². The third kappa shape index (κ3) is 2.46. The van der Waals surface area contributed by atoms with Gasteiger partial charge in [-0.05, 0) is 43.7 Å². The van der Waals surface area contributed by atoms with E-state index in [2.05, 4.69) is 0 Å². The molecule has 21 heavy (non-hydrogen) atoms. The van der Waals surface area contributed by atoms with Crippen LogP contribution in [0.5, 0.6) is 11.5 Å². The van der Waals surface area contributed by atoms with Crippen LogP contribution >= 0.6 is 0 Å². The van der Waals surface area contributed by atoms with Crippen molar-refractivity contribution in [3.8, 4) is 11.5 Å². The lowest BCUT2D eigenvalue weighted by molar-refractivity contribution is -0.137. The Hall–Kier alpha value is -2.43. The molecular weight excluding hydrogens is 270 g/mol. The molecule has 1 aromatic carbocycles. The molecule has 0 saturated carbocycles. The Morgan fingerprint density at radius 1 is 1.19 bits per heavy atom. The summed E-state index contributed by atoms with van der Waals surface area (Å²) in [5, 5.41) is 9.25. The highest BCUT2D eigenvalue weighted by Crippen LogP contribution is 2.36. The van der Waals surface area contributed by atoms with Crippen LogP contribution in [0.25, 0.3) is 0 Å². The van der Waals surface area contributed by atoms with E-state index in [0.29, 0.717) is 11.5 Å². The summed E-state index contributed by atoms with van der Waals surface area (Å²) in [7, 11) is 0. The molecule has 0 unspecified atom stereocenters. The Morgan fingerprint density at radius 2 is 1.86 bits per heavy atom. The molecule has 5 nitrogen and oxygen atoms in total. The van der Waals surface area contributed by atoms with Gasteiger partial charge in [0.05, 0.1) is 12.5 Å². The number of carboxylic acid groups (broad SMARTS) is 1. The number of aromatic nitrogens is 1. The first-order valence-corrected chi connectivity index (χ1v) is 6.82. The van der Waals surface area contributed by atoms with Crippen LogP contribution in [-0.2, 0) is 4.79 Å². The Kier molecular flexibility index (Phi) is 3.33. The van der Waals surface area contributed by atoms with Gasteiger partial charge in [0.1, 0.15) is 0 Å². The van der Waals surface area contributed by atoms with Gasteiger partial charge in [0, 0.05) is 11.4 Å². The highest BCUT2D eigenvalue weighted by molar-refractivity contribution is 5.68. The average molecular weight is 287 g/mol. The SMILES string of the molecule is Cc1ccc(C)n1[C@H](CC(=O)O)c1ccc2c(c1)OCO2. The second kappa shape index (κ2) is 5.16. The molecule has 0 aliphatic carbocycles. The van der Waals surface area contributed by atoms with Crippen LogP contribution in [0.3, 0.4) is 0 Å². The van der Waals surface area contributed by atoms with Crippen LogP contribution in [0, 0.1) is 13.8 Å². The number of hydrogen-bond donors (Lipinski definition) is 1. The van der Waals surface area contributed by atoms with E-state index >= 15 is 0 Å². The van der Waals surface area contributed by atoms with E-state index in [1.54, 1.807) is 0 Å². The smallest absolute Gasteiger partial charge is 0.305 e. The monoisotopic (exact) mass is 287 g/mol. The number of rotatable bonds is 4. The van der Waals surface area contributed by atoms with E-state index in [0.717, 1.165) is 17.0 Å². The molecule has 110 valence electrons. The summed E-state index contributed by atoms with van der Waals surface area (Å²) >= 11 is 0. The molecule has 2 heterocycles. The highest BCUT2D eigenvalue weighted by Gasteiger charge is 2.23. The zero-order valence-electron chi connectivity index (χ0n) is 12.0. The number of benzene rings is 1. The molecule has 1 N–H and O–H groups in total. The van der Waals surface area contributed by atoms with E-state index in [1.165, 1.54) is 0 Å². The lowest BCUT2D eigenvalue weighted by atomic mass is 10.0. The summed E-state index contributed by atoms with van der Waals surface area (Å²) in [6.45, 7) is 4.17.